The molecule has 1 aromatic carbocycles. The average Bonchev–Trinajstić information content (AvgIpc) is 3.05. The van der Waals surface area contributed by atoms with E-state index in [2.05, 4.69) is 39.8 Å². The van der Waals surface area contributed by atoms with Gasteiger partial charge in [-0.1, -0.05) is 19.1 Å². The van der Waals surface area contributed by atoms with Crippen LogP contribution in [-0.2, 0) is 19.5 Å². The van der Waals surface area contributed by atoms with Gasteiger partial charge in [0.2, 0.25) is 0 Å². The molecule has 0 bridgehead atoms. The van der Waals surface area contributed by atoms with E-state index < -0.39 is 0 Å². The molecule has 7 heteroatoms. The zero-order valence-corrected chi connectivity index (χ0v) is 17.5. The van der Waals surface area contributed by atoms with E-state index in [-0.39, 0.29) is 24.0 Å². The first-order chi connectivity index (χ1) is 11.2. The molecule has 0 unspecified atom stereocenters. The Labute approximate surface area is 165 Å². The second kappa shape index (κ2) is 11.2. The van der Waals surface area contributed by atoms with Gasteiger partial charge in [-0.3, -0.25) is 0 Å². The molecule has 0 radical (unpaired) electrons. The fourth-order valence-corrected chi connectivity index (χ4v) is 2.79. The number of aromatic nitrogens is 1. The number of hydrogen-bond donors (Lipinski definition) is 2. The predicted molar refractivity (Wildman–Crippen MR) is 112 cm³/mol. The van der Waals surface area contributed by atoms with Crippen LogP contribution in [0.4, 0.5) is 0 Å². The van der Waals surface area contributed by atoms with Crippen molar-refractivity contribution in [1.29, 1.82) is 0 Å². The first-order valence-electron chi connectivity index (χ1n) is 7.83. The number of hydrogen-bond acceptors (Lipinski definition) is 4. The maximum Gasteiger partial charge on any atom is 0.191 e. The summed E-state index contributed by atoms with van der Waals surface area (Å²) in [6.07, 6.45) is 0.981. The topological polar surface area (TPSA) is 58.5 Å². The van der Waals surface area contributed by atoms with Gasteiger partial charge in [0.1, 0.15) is 5.75 Å². The lowest BCUT2D eigenvalue weighted by Gasteiger charge is -2.10. The molecule has 0 aliphatic heterocycles. The summed E-state index contributed by atoms with van der Waals surface area (Å²) < 4.78 is 5.24. The third kappa shape index (κ3) is 6.64. The van der Waals surface area contributed by atoms with E-state index in [4.69, 9.17) is 4.74 Å². The van der Waals surface area contributed by atoms with Gasteiger partial charge in [-0.2, -0.15) is 0 Å². The highest BCUT2D eigenvalue weighted by Crippen LogP contribution is 2.13. The van der Waals surface area contributed by atoms with Crippen LogP contribution in [0.15, 0.2) is 34.6 Å². The van der Waals surface area contributed by atoms with E-state index in [1.165, 1.54) is 5.01 Å². The van der Waals surface area contributed by atoms with E-state index >= 15 is 0 Å². The standard InChI is InChI=1S/C17H24N4OS.HI/c1-4-16-21-14(12-23-16)11-20-17(18-5-2)19-10-13-7-6-8-15(9-13)22-3;/h6-9,12H,4-5,10-11H2,1-3H3,(H2,18,19,20);1H. The first-order valence-corrected chi connectivity index (χ1v) is 8.71. The predicted octanol–water partition coefficient (Wildman–Crippen LogP) is 3.59. The van der Waals surface area contributed by atoms with Gasteiger partial charge in [-0.15, -0.1) is 35.3 Å². The molecule has 0 aliphatic carbocycles. The summed E-state index contributed by atoms with van der Waals surface area (Å²) in [5.74, 6) is 1.64. The van der Waals surface area contributed by atoms with Crippen molar-refractivity contribution in [1.82, 2.24) is 15.6 Å². The quantitative estimate of drug-likeness (QED) is 0.377. The monoisotopic (exact) mass is 460 g/mol. The van der Waals surface area contributed by atoms with Crippen LogP contribution < -0.4 is 15.4 Å². The molecule has 132 valence electrons. The number of nitrogens with zero attached hydrogens (tertiary/aromatic N) is 2. The third-order valence-corrected chi connectivity index (χ3v) is 4.28. The minimum absolute atomic E-state index is 0. The zero-order chi connectivity index (χ0) is 16.5. The maximum absolute atomic E-state index is 5.24. The van der Waals surface area contributed by atoms with E-state index in [9.17, 15) is 0 Å². The molecule has 0 aliphatic rings. The fraction of sp³-hybridized carbons (Fsp3) is 0.412. The Balaban J connectivity index is 0.00000288. The van der Waals surface area contributed by atoms with Crippen molar-refractivity contribution in [2.45, 2.75) is 33.4 Å². The second-order valence-electron chi connectivity index (χ2n) is 4.99. The lowest BCUT2D eigenvalue weighted by atomic mass is 10.2. The van der Waals surface area contributed by atoms with Crippen molar-refractivity contribution in [3.05, 3.63) is 45.9 Å². The molecule has 0 saturated heterocycles. The summed E-state index contributed by atoms with van der Waals surface area (Å²) in [6, 6.07) is 7.96. The van der Waals surface area contributed by atoms with Crippen LogP contribution in [0.1, 0.15) is 30.1 Å². The molecule has 0 atom stereocenters. The van der Waals surface area contributed by atoms with Gasteiger partial charge in [-0.25, -0.2) is 9.98 Å². The highest BCUT2D eigenvalue weighted by atomic mass is 127. The number of nitrogens with one attached hydrogen (secondary N) is 2. The van der Waals surface area contributed by atoms with Gasteiger partial charge in [0.15, 0.2) is 5.96 Å². The number of rotatable bonds is 7. The summed E-state index contributed by atoms with van der Waals surface area (Å²) in [7, 11) is 1.67. The Morgan fingerprint density at radius 3 is 2.79 bits per heavy atom. The van der Waals surface area contributed by atoms with Crippen molar-refractivity contribution < 1.29 is 4.74 Å². The van der Waals surface area contributed by atoms with Gasteiger partial charge in [-0.05, 0) is 31.0 Å². The lowest BCUT2D eigenvalue weighted by Crippen LogP contribution is -2.36. The summed E-state index contributed by atoms with van der Waals surface area (Å²) in [5.41, 5.74) is 2.17. The smallest absolute Gasteiger partial charge is 0.191 e. The zero-order valence-electron chi connectivity index (χ0n) is 14.3. The molecule has 0 fully saturated rings. The van der Waals surface area contributed by atoms with Gasteiger partial charge < -0.3 is 15.4 Å². The van der Waals surface area contributed by atoms with Crippen LogP contribution in [0.25, 0.3) is 0 Å². The minimum Gasteiger partial charge on any atom is -0.497 e. The molecular weight excluding hydrogens is 435 g/mol. The van der Waals surface area contributed by atoms with Crippen LogP contribution in [0, 0.1) is 0 Å². The molecule has 2 rings (SSSR count). The molecule has 1 heterocycles. The number of methoxy groups -OCH3 is 1. The lowest BCUT2D eigenvalue weighted by molar-refractivity contribution is 0.414. The van der Waals surface area contributed by atoms with Crippen molar-refractivity contribution in [2.75, 3.05) is 13.7 Å². The molecule has 5 nitrogen and oxygen atoms in total. The van der Waals surface area contributed by atoms with E-state index in [0.29, 0.717) is 13.1 Å². The number of guanidine groups is 1. The number of benzene rings is 1. The summed E-state index contributed by atoms with van der Waals surface area (Å²) in [6.45, 7) is 6.28. The Morgan fingerprint density at radius 1 is 1.29 bits per heavy atom. The normalized spacial score (nSPS) is 10.9. The molecule has 2 aromatic rings. The van der Waals surface area contributed by atoms with Crippen molar-refractivity contribution in [2.24, 2.45) is 4.99 Å². The third-order valence-electron chi connectivity index (χ3n) is 3.24. The van der Waals surface area contributed by atoms with Crippen LogP contribution in [-0.4, -0.2) is 24.6 Å². The van der Waals surface area contributed by atoms with Gasteiger partial charge in [0, 0.05) is 11.9 Å². The molecular formula is C17H25IN4OS. The van der Waals surface area contributed by atoms with Gasteiger partial charge >= 0.3 is 0 Å². The van der Waals surface area contributed by atoms with Crippen LogP contribution in [0.3, 0.4) is 0 Å². The SMILES string of the molecule is CCNC(=NCc1cccc(OC)c1)NCc1csc(CC)n1.I. The van der Waals surface area contributed by atoms with Crippen molar-refractivity contribution in [3.63, 3.8) is 0 Å². The van der Waals surface area contributed by atoms with Crippen LogP contribution >= 0.6 is 35.3 Å². The molecule has 0 saturated carbocycles. The highest BCUT2D eigenvalue weighted by molar-refractivity contribution is 14.0. The molecule has 2 N–H and O–H groups in total. The first kappa shape index (κ1) is 20.7. The molecule has 0 spiro atoms. The van der Waals surface area contributed by atoms with E-state index in [0.717, 1.165) is 35.9 Å². The van der Waals surface area contributed by atoms with Crippen LogP contribution in [0.5, 0.6) is 5.75 Å². The fourth-order valence-electron chi connectivity index (χ4n) is 2.05. The number of aryl methyl sites for hydroxylation is 1. The number of thiazole rings is 1. The Hall–Kier alpha value is -1.35. The number of aliphatic imine (C=N–C) groups is 1. The second-order valence-corrected chi connectivity index (χ2v) is 5.93. The van der Waals surface area contributed by atoms with Crippen molar-refractivity contribution >= 4 is 41.3 Å². The Morgan fingerprint density at radius 2 is 2.12 bits per heavy atom. The summed E-state index contributed by atoms with van der Waals surface area (Å²) in [5, 5.41) is 9.84. The number of halogens is 1. The highest BCUT2D eigenvalue weighted by Gasteiger charge is 2.03. The number of ether oxygens (including phenoxy) is 1. The molecule has 1 aromatic heterocycles. The van der Waals surface area contributed by atoms with Crippen LogP contribution in [0.2, 0.25) is 0 Å². The van der Waals surface area contributed by atoms with E-state index in [1.807, 2.05) is 24.3 Å². The summed E-state index contributed by atoms with van der Waals surface area (Å²) >= 11 is 1.70. The van der Waals surface area contributed by atoms with Gasteiger partial charge in [0.05, 0.1) is 30.9 Å². The van der Waals surface area contributed by atoms with Crippen molar-refractivity contribution in [3.8, 4) is 5.75 Å². The Kier molecular flexibility index (Phi) is 9.70. The average molecular weight is 460 g/mol. The van der Waals surface area contributed by atoms with E-state index in [1.54, 1.807) is 18.4 Å². The largest absolute Gasteiger partial charge is 0.497 e. The van der Waals surface area contributed by atoms with Gasteiger partial charge in [0.25, 0.3) is 0 Å². The molecule has 24 heavy (non-hydrogen) atoms. The minimum atomic E-state index is 0. The maximum atomic E-state index is 5.24. The Bertz CT molecular complexity index is 645. The summed E-state index contributed by atoms with van der Waals surface area (Å²) in [4.78, 5) is 9.17. The molecule has 0 amide bonds.